The van der Waals surface area contributed by atoms with Gasteiger partial charge in [0.2, 0.25) is 0 Å². The monoisotopic (exact) mass is 384 g/mol. The van der Waals surface area contributed by atoms with E-state index in [2.05, 4.69) is 10.6 Å². The Kier molecular flexibility index (Phi) is 7.53. The summed E-state index contributed by atoms with van der Waals surface area (Å²) in [7, 11) is 1.59. The number of methoxy groups -OCH3 is 1. The molecule has 0 bridgehead atoms. The number of carbonyl (C=O) groups excluding carboxylic acids is 1. The van der Waals surface area contributed by atoms with Crippen molar-refractivity contribution in [1.29, 1.82) is 0 Å². The average molecular weight is 385 g/mol. The summed E-state index contributed by atoms with van der Waals surface area (Å²) in [6.45, 7) is 2.28. The maximum absolute atomic E-state index is 12.3. The van der Waals surface area contributed by atoms with Crippen LogP contribution in [-0.4, -0.2) is 43.0 Å². The predicted octanol–water partition coefficient (Wildman–Crippen LogP) is 3.52. The van der Waals surface area contributed by atoms with Crippen molar-refractivity contribution in [1.82, 2.24) is 5.32 Å². The van der Waals surface area contributed by atoms with E-state index in [1.54, 1.807) is 25.3 Å². The first-order chi connectivity index (χ1) is 12.4. The molecule has 144 valence electrons. The van der Waals surface area contributed by atoms with Crippen molar-refractivity contribution < 1.29 is 24.2 Å². The lowest BCUT2D eigenvalue weighted by atomic mass is 9.86. The van der Waals surface area contributed by atoms with E-state index in [9.17, 15) is 9.59 Å². The largest absolute Gasteiger partial charge is 0.486 e. The van der Waals surface area contributed by atoms with Crippen LogP contribution in [0.25, 0.3) is 0 Å². The lowest BCUT2D eigenvalue weighted by Gasteiger charge is -2.27. The van der Waals surface area contributed by atoms with Crippen LogP contribution in [0.5, 0.6) is 5.75 Å². The van der Waals surface area contributed by atoms with Gasteiger partial charge in [-0.25, -0.2) is 4.79 Å². The first-order valence-electron chi connectivity index (χ1n) is 8.64. The molecule has 7 nitrogen and oxygen atoms in total. The first-order valence-corrected chi connectivity index (χ1v) is 9.02. The van der Waals surface area contributed by atoms with Crippen LogP contribution in [0.4, 0.5) is 10.5 Å². The second-order valence-electron chi connectivity index (χ2n) is 6.51. The summed E-state index contributed by atoms with van der Waals surface area (Å²) in [6.07, 6.45) is 2.25. The van der Waals surface area contributed by atoms with Gasteiger partial charge in [0.1, 0.15) is 11.9 Å². The standard InChI is InChI=1S/C18H25ClN2O5/c1-11(10-25-2)26-16-8-5-13(19)9-15(16)21-18(24)20-14-6-3-12(4-7-14)17(22)23/h5,8-9,11-12,14H,3-4,6-7,10H2,1-2H3,(H,22,23)(H2,20,21,24). The fraction of sp³-hybridized carbons (Fsp3) is 0.556. The zero-order valence-electron chi connectivity index (χ0n) is 15.0. The Morgan fingerprint density at radius 3 is 2.62 bits per heavy atom. The number of benzene rings is 1. The van der Waals surface area contributed by atoms with Crippen molar-refractivity contribution in [3.63, 3.8) is 0 Å². The predicted molar refractivity (Wildman–Crippen MR) is 99.0 cm³/mol. The molecule has 1 saturated carbocycles. The normalized spacial score (nSPS) is 20.9. The molecular weight excluding hydrogens is 360 g/mol. The molecule has 0 spiro atoms. The van der Waals surface area contributed by atoms with E-state index in [-0.39, 0.29) is 24.1 Å². The zero-order valence-corrected chi connectivity index (χ0v) is 15.7. The summed E-state index contributed by atoms with van der Waals surface area (Å²) < 4.78 is 10.8. The number of urea groups is 1. The molecular formula is C18H25ClN2O5. The molecule has 2 amide bonds. The van der Waals surface area contributed by atoms with Crippen molar-refractivity contribution in [2.24, 2.45) is 5.92 Å². The molecule has 1 aromatic rings. The molecule has 1 fully saturated rings. The van der Waals surface area contributed by atoms with Gasteiger partial charge in [0.15, 0.2) is 0 Å². The molecule has 0 aromatic heterocycles. The number of carboxylic acid groups (broad SMARTS) is 1. The van der Waals surface area contributed by atoms with E-state index < -0.39 is 5.97 Å². The van der Waals surface area contributed by atoms with E-state index in [1.807, 2.05) is 6.92 Å². The molecule has 1 aliphatic carbocycles. The van der Waals surface area contributed by atoms with Gasteiger partial charge in [-0.1, -0.05) is 11.6 Å². The molecule has 1 atom stereocenters. The Labute approximate surface area is 158 Å². The van der Waals surface area contributed by atoms with Crippen LogP contribution in [0.1, 0.15) is 32.6 Å². The fourth-order valence-corrected chi connectivity index (χ4v) is 3.19. The molecule has 1 aromatic carbocycles. The molecule has 2 rings (SSSR count). The number of carboxylic acids is 1. The molecule has 8 heteroatoms. The summed E-state index contributed by atoms with van der Waals surface area (Å²) >= 11 is 6.03. The maximum Gasteiger partial charge on any atom is 0.319 e. The second-order valence-corrected chi connectivity index (χ2v) is 6.95. The van der Waals surface area contributed by atoms with Crippen molar-refractivity contribution in [3.8, 4) is 5.75 Å². The van der Waals surface area contributed by atoms with Crippen molar-refractivity contribution in [2.45, 2.75) is 44.8 Å². The van der Waals surface area contributed by atoms with Gasteiger partial charge in [-0.2, -0.15) is 0 Å². The number of aliphatic carboxylic acids is 1. The molecule has 0 aliphatic heterocycles. The van der Waals surface area contributed by atoms with Crippen molar-refractivity contribution >= 4 is 29.3 Å². The minimum atomic E-state index is -0.765. The smallest absolute Gasteiger partial charge is 0.319 e. The van der Waals surface area contributed by atoms with Crippen molar-refractivity contribution in [2.75, 3.05) is 19.0 Å². The van der Waals surface area contributed by atoms with Crippen LogP contribution in [0.15, 0.2) is 18.2 Å². The number of nitrogens with one attached hydrogen (secondary N) is 2. The number of anilines is 1. The molecule has 26 heavy (non-hydrogen) atoms. The second kappa shape index (κ2) is 9.64. The molecule has 0 saturated heterocycles. The quantitative estimate of drug-likeness (QED) is 0.668. The van der Waals surface area contributed by atoms with E-state index >= 15 is 0 Å². The van der Waals surface area contributed by atoms with Crippen LogP contribution < -0.4 is 15.4 Å². The highest BCUT2D eigenvalue weighted by atomic mass is 35.5. The molecule has 1 aliphatic rings. The Bertz CT molecular complexity index is 632. The lowest BCUT2D eigenvalue weighted by molar-refractivity contribution is -0.142. The third-order valence-corrected chi connectivity index (χ3v) is 4.57. The van der Waals surface area contributed by atoms with Crippen LogP contribution in [0.3, 0.4) is 0 Å². The van der Waals surface area contributed by atoms with Crippen LogP contribution in [0.2, 0.25) is 5.02 Å². The van der Waals surface area contributed by atoms with Gasteiger partial charge >= 0.3 is 12.0 Å². The number of hydrogen-bond donors (Lipinski definition) is 3. The molecule has 3 N–H and O–H groups in total. The van der Waals surface area contributed by atoms with Gasteiger partial charge in [-0.05, 0) is 50.8 Å². The molecule has 0 heterocycles. The summed E-state index contributed by atoms with van der Waals surface area (Å²) in [4.78, 5) is 23.3. The number of halogens is 1. The third-order valence-electron chi connectivity index (χ3n) is 4.33. The molecule has 1 unspecified atom stereocenters. The SMILES string of the molecule is COCC(C)Oc1ccc(Cl)cc1NC(=O)NC1CCC(C(=O)O)CC1. The van der Waals surface area contributed by atoms with E-state index in [4.69, 9.17) is 26.2 Å². The molecule has 0 radical (unpaired) electrons. The van der Waals surface area contributed by atoms with Gasteiger partial charge in [-0.3, -0.25) is 4.79 Å². The van der Waals surface area contributed by atoms with Crippen LogP contribution in [-0.2, 0) is 9.53 Å². The highest BCUT2D eigenvalue weighted by Crippen LogP contribution is 2.29. The number of amides is 2. The van der Waals surface area contributed by atoms with Crippen molar-refractivity contribution in [3.05, 3.63) is 23.2 Å². The minimum Gasteiger partial charge on any atom is -0.486 e. The Hall–Kier alpha value is -1.99. The van der Waals surface area contributed by atoms with E-state index in [0.29, 0.717) is 48.7 Å². The topological polar surface area (TPSA) is 96.9 Å². The number of carbonyl (C=O) groups is 2. The Morgan fingerprint density at radius 1 is 1.31 bits per heavy atom. The van der Waals surface area contributed by atoms with Gasteiger partial charge in [-0.15, -0.1) is 0 Å². The summed E-state index contributed by atoms with van der Waals surface area (Å²) in [6, 6.07) is 4.60. The van der Waals surface area contributed by atoms with Crippen LogP contribution in [0, 0.1) is 5.92 Å². The number of ether oxygens (including phenoxy) is 2. The average Bonchev–Trinajstić information content (AvgIpc) is 2.58. The number of hydrogen-bond acceptors (Lipinski definition) is 4. The summed E-state index contributed by atoms with van der Waals surface area (Å²) in [5.74, 6) is -0.575. The summed E-state index contributed by atoms with van der Waals surface area (Å²) in [5.41, 5.74) is 0.470. The number of rotatable bonds is 7. The van der Waals surface area contributed by atoms with E-state index in [1.165, 1.54) is 0 Å². The highest BCUT2D eigenvalue weighted by Gasteiger charge is 2.26. The van der Waals surface area contributed by atoms with Gasteiger partial charge in [0.05, 0.1) is 18.2 Å². The fourth-order valence-electron chi connectivity index (χ4n) is 3.02. The Morgan fingerprint density at radius 2 is 2.00 bits per heavy atom. The van der Waals surface area contributed by atoms with E-state index in [0.717, 1.165) is 0 Å². The third kappa shape index (κ3) is 6.07. The minimum absolute atomic E-state index is 0.0402. The van der Waals surface area contributed by atoms with Gasteiger partial charge in [0, 0.05) is 18.2 Å². The highest BCUT2D eigenvalue weighted by molar-refractivity contribution is 6.31. The zero-order chi connectivity index (χ0) is 19.1. The van der Waals surface area contributed by atoms with Crippen LogP contribution >= 0.6 is 11.6 Å². The Balaban J connectivity index is 1.93. The maximum atomic E-state index is 12.3. The van der Waals surface area contributed by atoms with Gasteiger partial charge < -0.3 is 25.2 Å². The summed E-state index contributed by atoms with van der Waals surface area (Å²) in [5, 5.41) is 15.2. The lowest BCUT2D eigenvalue weighted by Crippen LogP contribution is -2.41. The van der Waals surface area contributed by atoms with Gasteiger partial charge in [0.25, 0.3) is 0 Å². The first kappa shape index (κ1) is 20.3.